The number of nitrogens with zero attached hydrogens (tertiary/aromatic N) is 5. The molecule has 0 radical (unpaired) electrons. The van der Waals surface area contributed by atoms with E-state index in [4.69, 9.17) is 14.6 Å². The highest BCUT2D eigenvalue weighted by atomic mass is 32.1. The lowest BCUT2D eigenvalue weighted by atomic mass is 9.71. The number of carboxylic acid groups (broad SMARTS) is 1. The van der Waals surface area contributed by atoms with Crippen molar-refractivity contribution in [2.75, 3.05) is 44.8 Å². The van der Waals surface area contributed by atoms with Gasteiger partial charge in [0.05, 0.1) is 6.61 Å². The number of ether oxygens (including phenoxy) is 1. The summed E-state index contributed by atoms with van der Waals surface area (Å²) in [5.41, 5.74) is 1.65. The highest BCUT2D eigenvalue weighted by Gasteiger charge is 2.48. The SMILES string of the molecule is COCC1CN(Cc2cccnc2)CC12CCN(c1nnc(C)s1)CC2.O=C(O)C(F)(F)F. The minimum Gasteiger partial charge on any atom is -0.475 e. The molecule has 2 saturated heterocycles. The number of aliphatic carboxylic acids is 1. The maximum atomic E-state index is 10.6. The Morgan fingerprint density at radius 3 is 2.55 bits per heavy atom. The zero-order valence-corrected chi connectivity index (χ0v) is 19.4. The number of alkyl halides is 3. The summed E-state index contributed by atoms with van der Waals surface area (Å²) in [5, 5.41) is 17.8. The number of halogens is 3. The number of anilines is 1. The Labute approximate surface area is 194 Å². The molecule has 0 saturated carbocycles. The normalized spacial score (nSPS) is 20.5. The first-order valence-corrected chi connectivity index (χ1v) is 11.4. The molecule has 0 bridgehead atoms. The van der Waals surface area contributed by atoms with E-state index >= 15 is 0 Å². The van der Waals surface area contributed by atoms with Crippen LogP contribution in [0.3, 0.4) is 0 Å². The van der Waals surface area contributed by atoms with Gasteiger partial charge in [0.25, 0.3) is 0 Å². The van der Waals surface area contributed by atoms with E-state index in [1.54, 1.807) is 11.3 Å². The highest BCUT2D eigenvalue weighted by molar-refractivity contribution is 7.15. The number of pyridine rings is 1. The molecule has 2 aliphatic heterocycles. The molecule has 1 unspecified atom stereocenters. The van der Waals surface area contributed by atoms with E-state index in [0.717, 1.165) is 49.5 Å². The van der Waals surface area contributed by atoms with Crippen LogP contribution in [0.15, 0.2) is 24.5 Å². The number of carboxylic acids is 1. The van der Waals surface area contributed by atoms with Gasteiger partial charge in [-0.3, -0.25) is 9.88 Å². The summed E-state index contributed by atoms with van der Waals surface area (Å²) < 4.78 is 37.3. The molecule has 2 aliphatic rings. The van der Waals surface area contributed by atoms with Crippen LogP contribution < -0.4 is 4.90 Å². The van der Waals surface area contributed by atoms with Crippen molar-refractivity contribution in [3.63, 3.8) is 0 Å². The second-order valence-corrected chi connectivity index (χ2v) is 9.60. The van der Waals surface area contributed by atoms with Crippen LogP contribution in [0.5, 0.6) is 0 Å². The molecule has 12 heteroatoms. The molecule has 0 aromatic carbocycles. The first-order chi connectivity index (χ1) is 15.6. The Hall–Kier alpha value is -2.31. The maximum Gasteiger partial charge on any atom is 0.490 e. The van der Waals surface area contributed by atoms with E-state index in [-0.39, 0.29) is 0 Å². The molecule has 1 N–H and O–H groups in total. The van der Waals surface area contributed by atoms with Crippen LogP contribution in [0.4, 0.5) is 18.3 Å². The van der Waals surface area contributed by atoms with Gasteiger partial charge in [-0.25, -0.2) is 4.79 Å². The van der Waals surface area contributed by atoms with Crippen LogP contribution in [-0.2, 0) is 16.1 Å². The van der Waals surface area contributed by atoms with Gasteiger partial charge in [-0.1, -0.05) is 17.4 Å². The Morgan fingerprint density at radius 1 is 1.33 bits per heavy atom. The van der Waals surface area contributed by atoms with Crippen LogP contribution in [-0.4, -0.2) is 77.2 Å². The number of hydrogen-bond acceptors (Lipinski definition) is 8. The maximum absolute atomic E-state index is 10.6. The smallest absolute Gasteiger partial charge is 0.475 e. The zero-order valence-electron chi connectivity index (χ0n) is 18.6. The van der Waals surface area contributed by atoms with Crippen LogP contribution in [0.2, 0.25) is 0 Å². The minimum absolute atomic E-state index is 0.356. The third kappa shape index (κ3) is 6.61. The lowest BCUT2D eigenvalue weighted by molar-refractivity contribution is -0.192. The molecular weight excluding hydrogens is 459 g/mol. The second-order valence-electron chi connectivity index (χ2n) is 8.44. The first kappa shape index (κ1) is 25.3. The quantitative estimate of drug-likeness (QED) is 0.688. The van der Waals surface area contributed by atoms with E-state index in [0.29, 0.717) is 11.3 Å². The summed E-state index contributed by atoms with van der Waals surface area (Å²) >= 11 is 1.70. The van der Waals surface area contributed by atoms with Crippen molar-refractivity contribution in [2.45, 2.75) is 32.5 Å². The number of aryl methyl sites for hydroxylation is 1. The average molecular weight is 488 g/mol. The monoisotopic (exact) mass is 487 g/mol. The lowest BCUT2D eigenvalue weighted by Gasteiger charge is -2.42. The van der Waals surface area contributed by atoms with Crippen molar-refractivity contribution in [1.29, 1.82) is 0 Å². The number of likely N-dealkylation sites (tertiary alicyclic amines) is 1. The van der Waals surface area contributed by atoms with E-state index in [9.17, 15) is 13.2 Å². The Kier molecular flexibility index (Phi) is 8.24. The first-order valence-electron chi connectivity index (χ1n) is 10.6. The molecule has 1 atom stereocenters. The Morgan fingerprint density at radius 2 is 2.03 bits per heavy atom. The molecule has 0 aliphatic carbocycles. The summed E-state index contributed by atoms with van der Waals surface area (Å²) in [6, 6.07) is 4.19. The molecule has 0 amide bonds. The molecule has 4 rings (SSSR count). The van der Waals surface area contributed by atoms with E-state index < -0.39 is 12.1 Å². The van der Waals surface area contributed by atoms with Gasteiger partial charge in [0, 0.05) is 58.1 Å². The van der Waals surface area contributed by atoms with Gasteiger partial charge in [0.15, 0.2) is 0 Å². The van der Waals surface area contributed by atoms with Crippen molar-refractivity contribution in [1.82, 2.24) is 20.1 Å². The summed E-state index contributed by atoms with van der Waals surface area (Å²) in [7, 11) is 1.83. The van der Waals surface area contributed by atoms with E-state index in [1.165, 1.54) is 18.4 Å². The summed E-state index contributed by atoms with van der Waals surface area (Å²) in [5.74, 6) is -2.16. The van der Waals surface area contributed by atoms with Gasteiger partial charge >= 0.3 is 12.1 Å². The van der Waals surface area contributed by atoms with Gasteiger partial charge in [-0.05, 0) is 36.8 Å². The van der Waals surface area contributed by atoms with Crippen LogP contribution in [0, 0.1) is 18.3 Å². The highest BCUT2D eigenvalue weighted by Crippen LogP contribution is 2.46. The topological polar surface area (TPSA) is 91.7 Å². The van der Waals surface area contributed by atoms with Crippen molar-refractivity contribution >= 4 is 22.4 Å². The average Bonchev–Trinajstić information content (AvgIpc) is 3.33. The van der Waals surface area contributed by atoms with Crippen LogP contribution >= 0.6 is 11.3 Å². The molecule has 2 aromatic rings. The van der Waals surface area contributed by atoms with Crippen molar-refractivity contribution in [2.24, 2.45) is 11.3 Å². The van der Waals surface area contributed by atoms with Gasteiger partial charge in [0.1, 0.15) is 5.01 Å². The van der Waals surface area contributed by atoms with E-state index in [2.05, 4.69) is 31.0 Å². The summed E-state index contributed by atoms with van der Waals surface area (Å²) in [6.45, 7) is 8.25. The summed E-state index contributed by atoms with van der Waals surface area (Å²) in [6.07, 6.45) is 1.14. The predicted octanol–water partition coefficient (Wildman–Crippen LogP) is 3.24. The standard InChI is InChI=1S/C19H27N5OS.C2HF3O2/c1-15-21-22-18(26-15)24-8-5-19(6-9-24)14-23(12-17(19)13-25-2)11-16-4-3-7-20-10-16;3-2(4,5)1(6)7/h3-4,7,10,17H,5-6,8-9,11-14H2,1-2H3;(H,6,7). The molecule has 8 nitrogen and oxygen atoms in total. The largest absolute Gasteiger partial charge is 0.490 e. The number of hydrogen-bond donors (Lipinski definition) is 1. The zero-order chi connectivity index (χ0) is 24.1. The Balaban J connectivity index is 0.000000383. The number of rotatable bonds is 5. The molecule has 1 spiro atoms. The molecular formula is C21H28F3N5O3S. The van der Waals surface area contributed by atoms with E-state index in [1.807, 2.05) is 32.5 Å². The molecule has 2 aromatic heterocycles. The fraction of sp³-hybridized carbons (Fsp3) is 0.619. The molecule has 33 heavy (non-hydrogen) atoms. The summed E-state index contributed by atoms with van der Waals surface area (Å²) in [4.78, 5) is 18.2. The number of carbonyl (C=O) groups is 1. The Bertz CT molecular complexity index is 904. The third-order valence-corrected chi connectivity index (χ3v) is 7.07. The predicted molar refractivity (Wildman–Crippen MR) is 117 cm³/mol. The van der Waals surface area contributed by atoms with Gasteiger partial charge < -0.3 is 14.7 Å². The fourth-order valence-corrected chi connectivity index (χ4v) is 5.31. The van der Waals surface area contributed by atoms with Gasteiger partial charge in [0.2, 0.25) is 5.13 Å². The number of piperidine rings is 1. The third-order valence-electron chi connectivity index (χ3n) is 6.17. The second kappa shape index (κ2) is 10.7. The lowest BCUT2D eigenvalue weighted by Crippen LogP contribution is -2.45. The molecule has 4 heterocycles. The number of methoxy groups -OCH3 is 1. The van der Waals surface area contributed by atoms with Crippen molar-refractivity contribution in [3.05, 3.63) is 35.1 Å². The van der Waals surface area contributed by atoms with Crippen LogP contribution in [0.1, 0.15) is 23.4 Å². The van der Waals surface area contributed by atoms with Crippen molar-refractivity contribution < 1.29 is 27.8 Å². The fourth-order valence-electron chi connectivity index (χ4n) is 4.57. The number of aromatic nitrogens is 3. The molecule has 182 valence electrons. The van der Waals surface area contributed by atoms with Crippen molar-refractivity contribution in [3.8, 4) is 0 Å². The molecule has 2 fully saturated rings. The van der Waals surface area contributed by atoms with Gasteiger partial charge in [-0.15, -0.1) is 10.2 Å². The minimum atomic E-state index is -5.08. The van der Waals surface area contributed by atoms with Crippen LogP contribution in [0.25, 0.3) is 0 Å². The van der Waals surface area contributed by atoms with Gasteiger partial charge in [-0.2, -0.15) is 13.2 Å².